The van der Waals surface area contributed by atoms with Crippen molar-refractivity contribution in [3.05, 3.63) is 0 Å². The molecule has 18 heavy (non-hydrogen) atoms. The van der Waals surface area contributed by atoms with E-state index in [1.54, 1.807) is 0 Å². The molecule has 0 aromatic rings. The molecule has 1 fully saturated rings. The van der Waals surface area contributed by atoms with Gasteiger partial charge >= 0.3 is 5.97 Å². The summed E-state index contributed by atoms with van der Waals surface area (Å²) in [6.07, 6.45) is 14.2. The van der Waals surface area contributed by atoms with E-state index in [1.807, 2.05) is 0 Å². The van der Waals surface area contributed by atoms with Crippen molar-refractivity contribution in [1.29, 1.82) is 0 Å². The maximum Gasteiger partial charge on any atom is 0.303 e. The Morgan fingerprint density at radius 2 is 1.67 bits per heavy atom. The fourth-order valence-electron chi connectivity index (χ4n) is 2.72. The van der Waals surface area contributed by atoms with Crippen molar-refractivity contribution in [2.75, 3.05) is 6.54 Å². The molecule has 1 saturated heterocycles. The van der Waals surface area contributed by atoms with E-state index in [1.165, 1.54) is 64.3 Å². The lowest BCUT2D eigenvalue weighted by atomic mass is 9.98. The van der Waals surface area contributed by atoms with Crippen LogP contribution in [0.1, 0.15) is 77.0 Å². The zero-order chi connectivity index (χ0) is 13.1. The fraction of sp³-hybridized carbons (Fsp3) is 0.933. The van der Waals surface area contributed by atoms with E-state index in [0.29, 0.717) is 6.42 Å². The molecule has 1 aliphatic heterocycles. The van der Waals surface area contributed by atoms with Crippen molar-refractivity contribution in [2.45, 2.75) is 83.1 Å². The van der Waals surface area contributed by atoms with Crippen LogP contribution in [0.3, 0.4) is 0 Å². The summed E-state index contributed by atoms with van der Waals surface area (Å²) < 4.78 is 0. The summed E-state index contributed by atoms with van der Waals surface area (Å²) >= 11 is 0. The molecule has 1 aliphatic rings. The molecule has 1 heterocycles. The van der Waals surface area contributed by atoms with Gasteiger partial charge < -0.3 is 10.4 Å². The number of nitrogens with one attached hydrogen (secondary N) is 1. The third kappa shape index (κ3) is 8.51. The van der Waals surface area contributed by atoms with Crippen LogP contribution in [0, 0.1) is 0 Å². The van der Waals surface area contributed by atoms with Crippen molar-refractivity contribution >= 4 is 5.97 Å². The first-order chi connectivity index (χ1) is 8.79. The molecule has 0 bridgehead atoms. The van der Waals surface area contributed by atoms with Gasteiger partial charge in [0.05, 0.1) is 0 Å². The van der Waals surface area contributed by atoms with Gasteiger partial charge in [0.25, 0.3) is 0 Å². The number of aliphatic carboxylic acids is 1. The highest BCUT2D eigenvalue weighted by atomic mass is 16.4. The van der Waals surface area contributed by atoms with Gasteiger partial charge in [-0.05, 0) is 32.2 Å². The summed E-state index contributed by atoms with van der Waals surface area (Å²) in [6.45, 7) is 1.22. The standard InChI is InChI=1S/C15H29NO2/c17-15(18)12-7-5-3-1-2-4-6-10-14-11-8-9-13-16-14/h14,16H,1-13H2,(H,17,18). The molecule has 1 atom stereocenters. The van der Waals surface area contributed by atoms with Crippen LogP contribution in [-0.4, -0.2) is 23.7 Å². The molecule has 0 aromatic heterocycles. The Morgan fingerprint density at radius 3 is 2.28 bits per heavy atom. The minimum Gasteiger partial charge on any atom is -0.481 e. The van der Waals surface area contributed by atoms with Crippen molar-refractivity contribution in [3.63, 3.8) is 0 Å². The van der Waals surface area contributed by atoms with E-state index in [4.69, 9.17) is 5.11 Å². The van der Waals surface area contributed by atoms with Crippen LogP contribution in [0.15, 0.2) is 0 Å². The van der Waals surface area contributed by atoms with Gasteiger partial charge in [-0.15, -0.1) is 0 Å². The van der Waals surface area contributed by atoms with Crippen LogP contribution in [0.4, 0.5) is 0 Å². The van der Waals surface area contributed by atoms with Crippen LogP contribution < -0.4 is 5.32 Å². The Hall–Kier alpha value is -0.570. The van der Waals surface area contributed by atoms with Crippen molar-refractivity contribution < 1.29 is 9.90 Å². The maximum atomic E-state index is 10.3. The molecule has 2 N–H and O–H groups in total. The Morgan fingerprint density at radius 1 is 1.00 bits per heavy atom. The number of piperidine rings is 1. The Kier molecular flexibility index (Phi) is 8.92. The topological polar surface area (TPSA) is 49.3 Å². The van der Waals surface area contributed by atoms with E-state index in [0.717, 1.165) is 18.9 Å². The number of carboxylic acids is 1. The van der Waals surface area contributed by atoms with E-state index in [9.17, 15) is 4.79 Å². The third-order valence-electron chi connectivity index (χ3n) is 3.86. The van der Waals surface area contributed by atoms with Gasteiger partial charge in [-0.2, -0.15) is 0 Å². The molecule has 3 heteroatoms. The van der Waals surface area contributed by atoms with Crippen LogP contribution >= 0.6 is 0 Å². The lowest BCUT2D eigenvalue weighted by molar-refractivity contribution is -0.137. The molecular formula is C15H29NO2. The molecule has 1 unspecified atom stereocenters. The second kappa shape index (κ2) is 10.4. The van der Waals surface area contributed by atoms with Crippen LogP contribution in [0.25, 0.3) is 0 Å². The van der Waals surface area contributed by atoms with Gasteiger partial charge in [0.15, 0.2) is 0 Å². The molecule has 0 radical (unpaired) electrons. The SMILES string of the molecule is O=C(O)CCCCCCCCCC1CCCCN1. The Bertz CT molecular complexity index is 213. The average Bonchev–Trinajstić information content (AvgIpc) is 2.37. The second-order valence-corrected chi connectivity index (χ2v) is 5.55. The third-order valence-corrected chi connectivity index (χ3v) is 3.86. The summed E-state index contributed by atoms with van der Waals surface area (Å²) in [5.74, 6) is -0.657. The first kappa shape index (κ1) is 15.5. The van der Waals surface area contributed by atoms with E-state index >= 15 is 0 Å². The van der Waals surface area contributed by atoms with E-state index in [-0.39, 0.29) is 0 Å². The monoisotopic (exact) mass is 255 g/mol. The Labute approximate surface area is 111 Å². The van der Waals surface area contributed by atoms with Gasteiger partial charge in [-0.1, -0.05) is 44.9 Å². The summed E-state index contributed by atoms with van der Waals surface area (Å²) in [6, 6.07) is 0.786. The first-order valence-electron chi connectivity index (χ1n) is 7.74. The maximum absolute atomic E-state index is 10.3. The van der Waals surface area contributed by atoms with Gasteiger partial charge in [-0.3, -0.25) is 4.79 Å². The second-order valence-electron chi connectivity index (χ2n) is 5.55. The Balaban J connectivity index is 1.76. The molecule has 0 amide bonds. The highest BCUT2D eigenvalue weighted by molar-refractivity contribution is 5.66. The highest BCUT2D eigenvalue weighted by Gasteiger charge is 2.11. The number of hydrogen-bond donors (Lipinski definition) is 2. The summed E-state index contributed by atoms with van der Waals surface area (Å²) in [5, 5.41) is 12.1. The van der Waals surface area contributed by atoms with Crippen LogP contribution in [0.5, 0.6) is 0 Å². The summed E-state index contributed by atoms with van der Waals surface area (Å²) in [4.78, 5) is 10.3. The molecule has 1 rings (SSSR count). The van der Waals surface area contributed by atoms with Crippen molar-refractivity contribution in [1.82, 2.24) is 5.32 Å². The molecule has 0 aliphatic carbocycles. The molecular weight excluding hydrogens is 226 g/mol. The first-order valence-corrected chi connectivity index (χ1v) is 7.74. The molecule has 0 spiro atoms. The van der Waals surface area contributed by atoms with Gasteiger partial charge in [0.1, 0.15) is 0 Å². The number of hydrogen-bond acceptors (Lipinski definition) is 2. The van der Waals surface area contributed by atoms with E-state index < -0.39 is 5.97 Å². The van der Waals surface area contributed by atoms with Crippen molar-refractivity contribution in [2.24, 2.45) is 0 Å². The lowest BCUT2D eigenvalue weighted by Gasteiger charge is -2.23. The number of carboxylic acid groups (broad SMARTS) is 1. The summed E-state index contributed by atoms with van der Waals surface area (Å²) in [5.41, 5.74) is 0. The average molecular weight is 255 g/mol. The lowest BCUT2D eigenvalue weighted by Crippen LogP contribution is -2.33. The molecule has 3 nitrogen and oxygen atoms in total. The predicted octanol–water partition coefficient (Wildman–Crippen LogP) is 3.72. The summed E-state index contributed by atoms with van der Waals surface area (Å²) in [7, 11) is 0. The highest BCUT2D eigenvalue weighted by Crippen LogP contribution is 2.15. The van der Waals surface area contributed by atoms with E-state index in [2.05, 4.69) is 5.32 Å². The molecule has 0 aromatic carbocycles. The van der Waals surface area contributed by atoms with Crippen LogP contribution in [-0.2, 0) is 4.79 Å². The minimum atomic E-state index is -0.657. The largest absolute Gasteiger partial charge is 0.481 e. The predicted molar refractivity (Wildman–Crippen MR) is 74.8 cm³/mol. The minimum absolute atomic E-state index is 0.341. The number of carbonyl (C=O) groups is 1. The smallest absolute Gasteiger partial charge is 0.303 e. The normalized spacial score (nSPS) is 19.9. The molecule has 106 valence electrons. The zero-order valence-corrected chi connectivity index (χ0v) is 11.6. The van der Waals surface area contributed by atoms with Gasteiger partial charge in [-0.25, -0.2) is 0 Å². The van der Waals surface area contributed by atoms with Gasteiger partial charge in [0.2, 0.25) is 0 Å². The number of rotatable bonds is 10. The van der Waals surface area contributed by atoms with Crippen molar-refractivity contribution in [3.8, 4) is 0 Å². The van der Waals surface area contributed by atoms with Gasteiger partial charge in [0, 0.05) is 12.5 Å². The number of unbranched alkanes of at least 4 members (excludes halogenated alkanes) is 6. The quantitative estimate of drug-likeness (QED) is 0.585. The zero-order valence-electron chi connectivity index (χ0n) is 11.6. The van der Waals surface area contributed by atoms with Crippen LogP contribution in [0.2, 0.25) is 0 Å². The fourth-order valence-corrected chi connectivity index (χ4v) is 2.72. The molecule has 0 saturated carbocycles.